The van der Waals surface area contributed by atoms with E-state index < -0.39 is 0 Å². The number of nitrogen functional groups attached to an aromatic ring is 1. The smallest absolute Gasteiger partial charge is 0.259 e. The van der Waals surface area contributed by atoms with E-state index in [1.807, 2.05) is 13.8 Å². The van der Waals surface area contributed by atoms with Crippen molar-refractivity contribution in [2.75, 3.05) is 43.4 Å². The van der Waals surface area contributed by atoms with Crippen molar-refractivity contribution in [3.8, 4) is 11.6 Å². The van der Waals surface area contributed by atoms with Crippen LogP contribution in [-0.4, -0.2) is 73.4 Å². The summed E-state index contributed by atoms with van der Waals surface area (Å²) in [4.78, 5) is 18.5. The third kappa shape index (κ3) is 4.23. The average molecular weight is 479 g/mol. The normalized spacial score (nSPS) is 21.0. The predicted molar refractivity (Wildman–Crippen MR) is 129 cm³/mol. The highest BCUT2D eigenvalue weighted by atomic mass is 16.5. The molecule has 4 aromatic rings. The van der Waals surface area contributed by atoms with Crippen molar-refractivity contribution in [2.24, 2.45) is 5.92 Å². The van der Waals surface area contributed by atoms with Gasteiger partial charge in [-0.25, -0.2) is 0 Å². The van der Waals surface area contributed by atoms with Gasteiger partial charge in [0.25, 0.3) is 5.78 Å². The van der Waals surface area contributed by atoms with E-state index >= 15 is 0 Å². The lowest BCUT2D eigenvalue weighted by molar-refractivity contribution is 0.0945. The summed E-state index contributed by atoms with van der Waals surface area (Å²) < 4.78 is 12.1. The molecule has 0 radical (unpaired) electrons. The van der Waals surface area contributed by atoms with Gasteiger partial charge in [0.1, 0.15) is 5.76 Å². The maximum Gasteiger partial charge on any atom is 0.259 e. The molecule has 0 spiro atoms. The number of furan rings is 1. The lowest BCUT2D eigenvalue weighted by atomic mass is 9.91. The highest BCUT2D eigenvalue weighted by Gasteiger charge is 2.34. The number of aryl methyl sites for hydroxylation is 2. The topological polar surface area (TPSA) is 140 Å². The van der Waals surface area contributed by atoms with E-state index in [1.165, 1.54) is 16.5 Å². The summed E-state index contributed by atoms with van der Waals surface area (Å²) in [6.45, 7) is 9.58. The van der Waals surface area contributed by atoms with Gasteiger partial charge in [-0.2, -0.15) is 19.5 Å². The molecule has 2 atom stereocenters. The van der Waals surface area contributed by atoms with Crippen LogP contribution in [-0.2, 0) is 6.54 Å². The molecule has 12 nitrogen and oxygen atoms in total. The van der Waals surface area contributed by atoms with Gasteiger partial charge in [-0.3, -0.25) is 4.90 Å². The number of hydrogen-bond donors (Lipinski definition) is 2. The lowest BCUT2D eigenvalue weighted by Crippen LogP contribution is -2.57. The number of piperidine rings is 1. The molecule has 2 fully saturated rings. The van der Waals surface area contributed by atoms with Crippen LogP contribution in [0.3, 0.4) is 0 Å². The molecule has 2 aliphatic heterocycles. The van der Waals surface area contributed by atoms with Gasteiger partial charge >= 0.3 is 0 Å². The molecule has 3 N–H and O–H groups in total. The van der Waals surface area contributed by atoms with Crippen LogP contribution in [0.25, 0.3) is 17.4 Å². The van der Waals surface area contributed by atoms with Crippen LogP contribution in [0.5, 0.6) is 0 Å². The summed E-state index contributed by atoms with van der Waals surface area (Å²) in [5.74, 6) is 3.86. The van der Waals surface area contributed by atoms with Crippen molar-refractivity contribution in [3.05, 3.63) is 35.4 Å². The van der Waals surface area contributed by atoms with Crippen molar-refractivity contribution in [1.82, 2.24) is 39.9 Å². The second-order valence-corrected chi connectivity index (χ2v) is 9.48. The molecule has 0 saturated carbocycles. The Morgan fingerprint density at radius 2 is 2.06 bits per heavy atom. The van der Waals surface area contributed by atoms with Gasteiger partial charge in [0.15, 0.2) is 5.76 Å². The van der Waals surface area contributed by atoms with Crippen LogP contribution in [0.15, 0.2) is 27.3 Å². The van der Waals surface area contributed by atoms with Gasteiger partial charge in [-0.05, 0) is 51.3 Å². The van der Waals surface area contributed by atoms with Crippen molar-refractivity contribution >= 4 is 17.7 Å². The predicted octanol–water partition coefficient (Wildman–Crippen LogP) is 1.66. The van der Waals surface area contributed by atoms with Crippen LogP contribution in [0.1, 0.15) is 29.9 Å². The number of nitrogens with zero attached hydrogens (tertiary/aromatic N) is 8. The summed E-state index contributed by atoms with van der Waals surface area (Å²) in [5.41, 5.74) is 8.35. The Hall–Kier alpha value is -3.51. The van der Waals surface area contributed by atoms with Crippen molar-refractivity contribution in [3.63, 3.8) is 0 Å². The molecular weight excluding hydrogens is 448 g/mol. The van der Waals surface area contributed by atoms with Crippen LogP contribution >= 0.6 is 0 Å². The number of nitrogens with two attached hydrogens (primary N) is 1. The minimum atomic E-state index is 0.269. The molecule has 6 rings (SSSR count). The summed E-state index contributed by atoms with van der Waals surface area (Å²) in [7, 11) is 0. The number of fused-ring (bicyclic) bond motifs is 2. The van der Waals surface area contributed by atoms with E-state index in [2.05, 4.69) is 40.3 Å². The fraction of sp³-hybridized carbons (Fsp3) is 0.522. The molecule has 4 aromatic heterocycles. The van der Waals surface area contributed by atoms with E-state index in [1.54, 1.807) is 18.4 Å². The Bertz CT molecular complexity index is 1290. The number of anilines is 2. The molecule has 0 aromatic carbocycles. The highest BCUT2D eigenvalue weighted by molar-refractivity contribution is 5.53. The zero-order valence-electron chi connectivity index (χ0n) is 20.0. The van der Waals surface area contributed by atoms with E-state index in [0.29, 0.717) is 35.3 Å². The van der Waals surface area contributed by atoms with Gasteiger partial charge in [0.2, 0.25) is 17.7 Å². The zero-order valence-corrected chi connectivity index (χ0v) is 20.0. The quantitative estimate of drug-likeness (QED) is 0.418. The first kappa shape index (κ1) is 22.0. The van der Waals surface area contributed by atoms with Gasteiger partial charge in [-0.15, -0.1) is 5.10 Å². The minimum Gasteiger partial charge on any atom is -0.461 e. The van der Waals surface area contributed by atoms with Crippen molar-refractivity contribution < 1.29 is 8.94 Å². The van der Waals surface area contributed by atoms with Gasteiger partial charge in [0, 0.05) is 44.3 Å². The Kier molecular flexibility index (Phi) is 5.61. The van der Waals surface area contributed by atoms with Gasteiger partial charge in [0.05, 0.1) is 12.0 Å². The lowest BCUT2D eigenvalue weighted by Gasteiger charge is -2.46. The number of hydrogen-bond acceptors (Lipinski definition) is 11. The third-order valence-corrected chi connectivity index (χ3v) is 7.17. The first-order valence-corrected chi connectivity index (χ1v) is 12.1. The molecule has 0 aliphatic carbocycles. The summed E-state index contributed by atoms with van der Waals surface area (Å²) in [5, 5.41) is 12.0. The fourth-order valence-corrected chi connectivity index (χ4v) is 5.21. The monoisotopic (exact) mass is 478 g/mol. The Balaban J connectivity index is 1.08. The largest absolute Gasteiger partial charge is 0.461 e. The molecule has 0 bridgehead atoms. The molecule has 2 saturated heterocycles. The molecule has 35 heavy (non-hydrogen) atoms. The molecule has 2 unspecified atom stereocenters. The van der Waals surface area contributed by atoms with Crippen molar-refractivity contribution in [1.29, 1.82) is 0 Å². The molecule has 0 amide bonds. The number of rotatable bonds is 6. The van der Waals surface area contributed by atoms with Crippen LogP contribution in [0.2, 0.25) is 0 Å². The van der Waals surface area contributed by atoms with Crippen LogP contribution < -0.4 is 16.0 Å². The average Bonchev–Trinajstić information content (AvgIpc) is 3.60. The first-order chi connectivity index (χ1) is 17.0. The number of piperazine rings is 1. The standard InChI is InChI=1S/C23H30N10O2/c1-14-18(15(2)35-30-14)11-25-10-16-5-6-17-13-32(8-7-31(17)12-16)22-27-21(24)33-23(28-22)26-20(29-33)19-4-3-9-34-19/h3-4,9,16-17,25H,5-8,10-13H2,1-2H3,(H2,24,26,27,28,29). The second-order valence-electron chi connectivity index (χ2n) is 9.48. The Labute approximate surface area is 202 Å². The van der Waals surface area contributed by atoms with E-state index in [4.69, 9.17) is 14.7 Å². The minimum absolute atomic E-state index is 0.269. The SMILES string of the molecule is Cc1noc(C)c1CNCC1CCC2CN(c3nc(N)n4nc(-c5ccco5)nc4n3)CCN2C1. The Morgan fingerprint density at radius 3 is 2.86 bits per heavy atom. The molecule has 6 heterocycles. The number of nitrogens with one attached hydrogen (secondary N) is 1. The first-order valence-electron chi connectivity index (χ1n) is 12.1. The zero-order chi connectivity index (χ0) is 23.9. The maximum absolute atomic E-state index is 6.21. The molecular formula is C23H30N10O2. The molecule has 184 valence electrons. The van der Waals surface area contributed by atoms with E-state index in [0.717, 1.165) is 57.1 Å². The molecule has 2 aliphatic rings. The van der Waals surface area contributed by atoms with Gasteiger partial charge < -0.3 is 24.9 Å². The van der Waals surface area contributed by atoms with Crippen molar-refractivity contribution in [2.45, 2.75) is 39.3 Å². The Morgan fingerprint density at radius 1 is 1.14 bits per heavy atom. The van der Waals surface area contributed by atoms with E-state index in [9.17, 15) is 0 Å². The summed E-state index contributed by atoms with van der Waals surface area (Å²) in [6.07, 6.45) is 3.94. The third-order valence-electron chi connectivity index (χ3n) is 7.17. The van der Waals surface area contributed by atoms with Crippen LogP contribution in [0.4, 0.5) is 11.9 Å². The van der Waals surface area contributed by atoms with Gasteiger partial charge in [-0.1, -0.05) is 5.16 Å². The summed E-state index contributed by atoms with van der Waals surface area (Å²) >= 11 is 0. The molecule has 12 heteroatoms. The van der Waals surface area contributed by atoms with Crippen LogP contribution in [0, 0.1) is 19.8 Å². The maximum atomic E-state index is 6.21. The number of aromatic nitrogens is 6. The van der Waals surface area contributed by atoms with E-state index in [-0.39, 0.29) is 5.95 Å². The fourth-order valence-electron chi connectivity index (χ4n) is 5.21. The summed E-state index contributed by atoms with van der Waals surface area (Å²) in [6, 6.07) is 4.09. The second kappa shape index (κ2) is 8.93. The highest BCUT2D eigenvalue weighted by Crippen LogP contribution is 2.27.